The maximum atomic E-state index is 13.1. The Labute approximate surface area is 232 Å². The molecule has 1 amide bonds. The second kappa shape index (κ2) is 11.8. The second-order valence-electron chi connectivity index (χ2n) is 11.2. The summed E-state index contributed by atoms with van der Waals surface area (Å²) in [5.74, 6) is -1.18. The molecule has 11 heteroatoms. The van der Waals surface area contributed by atoms with Gasteiger partial charge >= 0.3 is 12.1 Å². The molecule has 2 saturated heterocycles. The molecule has 1 N–H and O–H groups in total. The number of carboxylic acids is 1. The first-order valence-corrected chi connectivity index (χ1v) is 14.3. The zero-order valence-corrected chi connectivity index (χ0v) is 22.7. The molecule has 4 heterocycles. The van der Waals surface area contributed by atoms with Crippen LogP contribution in [0, 0.1) is 5.92 Å². The average Bonchev–Trinajstić information content (AvgIpc) is 3.63. The molecule has 40 heavy (non-hydrogen) atoms. The van der Waals surface area contributed by atoms with Crippen molar-refractivity contribution in [3.8, 4) is 17.0 Å². The van der Waals surface area contributed by atoms with Crippen LogP contribution in [-0.4, -0.2) is 75.5 Å². The standard InChI is InChI=1S/C27H36N4O2.C2HF3O2/c32-26(21-8-2-1-3-9-21)30-16-12-27(13-17-30)23-20-28-31(19-18-29-14-6-7-15-29)25(23)22-10-4-5-11-24(22)33-27;3-2(4,5)1(6)7/h4-5,10-11,20-21H,1-3,6-9,12-19H2;(H,6,7). The summed E-state index contributed by atoms with van der Waals surface area (Å²) in [5, 5.41) is 12.0. The predicted molar refractivity (Wildman–Crippen MR) is 142 cm³/mol. The van der Waals surface area contributed by atoms with E-state index in [1.165, 1.54) is 56.5 Å². The number of aliphatic carboxylic acids is 1. The average molecular weight is 563 g/mol. The lowest BCUT2D eigenvalue weighted by Crippen LogP contribution is -2.50. The molecule has 1 aliphatic carbocycles. The molecule has 3 fully saturated rings. The molecule has 2 aromatic rings. The lowest BCUT2D eigenvalue weighted by Gasteiger charge is -2.45. The van der Waals surface area contributed by atoms with E-state index in [0.717, 1.165) is 63.2 Å². The third-order valence-electron chi connectivity index (χ3n) is 8.68. The molecule has 1 aromatic heterocycles. The number of nitrogens with zero attached hydrogens (tertiary/aromatic N) is 4. The Hall–Kier alpha value is -3.08. The van der Waals surface area contributed by atoms with Crippen LogP contribution in [0.2, 0.25) is 0 Å². The first-order chi connectivity index (χ1) is 19.2. The molecule has 4 aliphatic rings. The fraction of sp³-hybridized carbons (Fsp3) is 0.621. The first kappa shape index (κ1) is 28.4. The van der Waals surface area contributed by atoms with Crippen molar-refractivity contribution in [2.45, 2.75) is 76.1 Å². The molecule has 0 atom stereocenters. The Morgan fingerprint density at radius 3 is 2.27 bits per heavy atom. The summed E-state index contributed by atoms with van der Waals surface area (Å²) < 4.78 is 40.7. The summed E-state index contributed by atoms with van der Waals surface area (Å²) in [7, 11) is 0. The number of carboxylic acid groups (broad SMARTS) is 1. The van der Waals surface area contributed by atoms with Crippen molar-refractivity contribution in [1.29, 1.82) is 0 Å². The lowest BCUT2D eigenvalue weighted by atomic mass is 9.80. The van der Waals surface area contributed by atoms with E-state index >= 15 is 0 Å². The van der Waals surface area contributed by atoms with Gasteiger partial charge in [-0.2, -0.15) is 18.3 Å². The number of halogens is 3. The number of carbonyl (C=O) groups excluding carboxylic acids is 1. The Bertz CT molecular complexity index is 1190. The van der Waals surface area contributed by atoms with Gasteiger partial charge in [0.2, 0.25) is 5.91 Å². The van der Waals surface area contributed by atoms with Gasteiger partial charge in [0.05, 0.1) is 18.4 Å². The number of amides is 1. The highest BCUT2D eigenvalue weighted by atomic mass is 19.4. The number of rotatable bonds is 4. The minimum atomic E-state index is -5.08. The molecular weight excluding hydrogens is 525 g/mol. The van der Waals surface area contributed by atoms with Crippen LogP contribution in [0.1, 0.15) is 63.4 Å². The van der Waals surface area contributed by atoms with E-state index in [-0.39, 0.29) is 11.5 Å². The molecule has 1 aromatic carbocycles. The highest BCUT2D eigenvalue weighted by molar-refractivity contribution is 5.79. The largest absolute Gasteiger partial charge is 0.490 e. The molecule has 0 radical (unpaired) electrons. The predicted octanol–water partition coefficient (Wildman–Crippen LogP) is 5.07. The molecule has 0 unspecified atom stereocenters. The number of hydrogen-bond donors (Lipinski definition) is 1. The van der Waals surface area contributed by atoms with Crippen LogP contribution in [0.3, 0.4) is 0 Å². The molecule has 1 saturated carbocycles. The van der Waals surface area contributed by atoms with Gasteiger partial charge in [0.1, 0.15) is 11.4 Å². The number of piperidine rings is 1. The third-order valence-corrected chi connectivity index (χ3v) is 8.68. The molecule has 3 aliphatic heterocycles. The van der Waals surface area contributed by atoms with Crippen molar-refractivity contribution in [2.75, 3.05) is 32.7 Å². The number of benzene rings is 1. The molecular formula is C29H37F3N4O4. The van der Waals surface area contributed by atoms with Gasteiger partial charge in [-0.25, -0.2) is 4.79 Å². The summed E-state index contributed by atoms with van der Waals surface area (Å²) in [5.41, 5.74) is 3.21. The lowest BCUT2D eigenvalue weighted by molar-refractivity contribution is -0.192. The molecule has 0 bridgehead atoms. The Morgan fingerprint density at radius 2 is 1.62 bits per heavy atom. The molecule has 8 nitrogen and oxygen atoms in total. The first-order valence-electron chi connectivity index (χ1n) is 14.3. The third kappa shape index (κ3) is 5.99. The van der Waals surface area contributed by atoms with Crippen molar-refractivity contribution < 1.29 is 32.6 Å². The topological polar surface area (TPSA) is 87.9 Å². The zero-order valence-electron chi connectivity index (χ0n) is 22.7. The number of carbonyl (C=O) groups is 2. The fourth-order valence-corrected chi connectivity index (χ4v) is 6.50. The number of likely N-dealkylation sites (tertiary alicyclic amines) is 2. The van der Waals surface area contributed by atoms with Gasteiger partial charge < -0.3 is 19.6 Å². The number of alkyl halides is 3. The van der Waals surface area contributed by atoms with E-state index in [2.05, 4.69) is 38.7 Å². The molecule has 1 spiro atoms. The maximum absolute atomic E-state index is 13.1. The van der Waals surface area contributed by atoms with Crippen LogP contribution in [0.4, 0.5) is 13.2 Å². The SMILES string of the molecule is O=C(C1CCCCC1)N1CCC2(CC1)Oc1ccccc1-c1c2cnn1CCN1CCCC1.O=C(O)C(F)(F)F. The van der Waals surface area contributed by atoms with Crippen molar-refractivity contribution in [2.24, 2.45) is 5.92 Å². The van der Waals surface area contributed by atoms with Crippen molar-refractivity contribution in [1.82, 2.24) is 19.6 Å². The smallest absolute Gasteiger partial charge is 0.482 e. The van der Waals surface area contributed by atoms with Crippen LogP contribution < -0.4 is 4.74 Å². The molecule has 6 rings (SSSR count). The Balaban J connectivity index is 0.000000411. The van der Waals surface area contributed by atoms with E-state index in [1.54, 1.807) is 0 Å². The monoisotopic (exact) mass is 562 g/mol. The van der Waals surface area contributed by atoms with E-state index in [0.29, 0.717) is 5.91 Å². The van der Waals surface area contributed by atoms with Crippen molar-refractivity contribution in [3.05, 3.63) is 36.0 Å². The van der Waals surface area contributed by atoms with E-state index in [4.69, 9.17) is 19.7 Å². The number of aromatic nitrogens is 2. The van der Waals surface area contributed by atoms with Crippen molar-refractivity contribution >= 4 is 11.9 Å². The zero-order chi connectivity index (χ0) is 28.3. The van der Waals surface area contributed by atoms with Gasteiger partial charge in [-0.15, -0.1) is 0 Å². The summed E-state index contributed by atoms with van der Waals surface area (Å²) >= 11 is 0. The van der Waals surface area contributed by atoms with Crippen LogP contribution in [0.25, 0.3) is 11.3 Å². The summed E-state index contributed by atoms with van der Waals surface area (Å²) in [6.45, 7) is 5.92. The van der Waals surface area contributed by atoms with Gasteiger partial charge in [-0.05, 0) is 50.9 Å². The van der Waals surface area contributed by atoms with Gasteiger partial charge in [0, 0.05) is 49.5 Å². The Kier molecular flexibility index (Phi) is 8.39. The normalized spacial score (nSPS) is 20.7. The highest BCUT2D eigenvalue weighted by Crippen LogP contribution is 2.49. The van der Waals surface area contributed by atoms with Crippen LogP contribution in [0.15, 0.2) is 30.5 Å². The van der Waals surface area contributed by atoms with E-state index in [1.807, 2.05) is 6.20 Å². The van der Waals surface area contributed by atoms with Crippen LogP contribution in [-0.2, 0) is 21.7 Å². The number of ether oxygens (including phenoxy) is 1. The second-order valence-corrected chi connectivity index (χ2v) is 11.2. The fourth-order valence-electron chi connectivity index (χ4n) is 6.50. The minimum absolute atomic E-state index is 0.240. The van der Waals surface area contributed by atoms with Gasteiger partial charge in [0.25, 0.3) is 0 Å². The van der Waals surface area contributed by atoms with Gasteiger partial charge in [-0.3, -0.25) is 9.48 Å². The van der Waals surface area contributed by atoms with Crippen molar-refractivity contribution in [3.63, 3.8) is 0 Å². The number of hydrogen-bond acceptors (Lipinski definition) is 5. The quantitative estimate of drug-likeness (QED) is 0.560. The highest BCUT2D eigenvalue weighted by Gasteiger charge is 2.46. The van der Waals surface area contributed by atoms with E-state index < -0.39 is 12.1 Å². The summed E-state index contributed by atoms with van der Waals surface area (Å²) in [6, 6.07) is 8.41. The number of para-hydroxylation sites is 1. The molecule has 218 valence electrons. The summed E-state index contributed by atoms with van der Waals surface area (Å²) in [6.07, 6.45) is 7.09. The van der Waals surface area contributed by atoms with Crippen LogP contribution in [0.5, 0.6) is 5.75 Å². The minimum Gasteiger partial charge on any atom is -0.482 e. The van der Waals surface area contributed by atoms with Gasteiger partial charge in [-0.1, -0.05) is 31.4 Å². The maximum Gasteiger partial charge on any atom is 0.490 e. The summed E-state index contributed by atoms with van der Waals surface area (Å²) in [4.78, 5) is 26.7. The van der Waals surface area contributed by atoms with Crippen LogP contribution >= 0.6 is 0 Å². The Morgan fingerprint density at radius 1 is 0.975 bits per heavy atom. The number of fused-ring (bicyclic) bond motifs is 4. The van der Waals surface area contributed by atoms with E-state index in [9.17, 15) is 18.0 Å². The van der Waals surface area contributed by atoms with Gasteiger partial charge in [0.15, 0.2) is 0 Å².